The van der Waals surface area contributed by atoms with E-state index in [-0.39, 0.29) is 18.6 Å². The third kappa shape index (κ3) is 4.14. The molecule has 4 rings (SSSR count). The minimum absolute atomic E-state index is 0.0344. The summed E-state index contributed by atoms with van der Waals surface area (Å²) in [4.78, 5) is 15.2. The zero-order valence-corrected chi connectivity index (χ0v) is 16.4. The van der Waals surface area contributed by atoms with Crippen molar-refractivity contribution < 1.29 is 14.3 Å². The normalized spacial score (nSPS) is 21.1. The van der Waals surface area contributed by atoms with Crippen molar-refractivity contribution in [1.82, 2.24) is 9.91 Å². The van der Waals surface area contributed by atoms with Crippen LogP contribution >= 0.6 is 11.6 Å². The number of nitrogens with zero attached hydrogens (tertiary/aromatic N) is 3. The molecule has 0 bridgehead atoms. The second kappa shape index (κ2) is 8.47. The van der Waals surface area contributed by atoms with Crippen molar-refractivity contribution in [2.45, 2.75) is 25.3 Å². The monoisotopic (exact) mass is 401 g/mol. The highest BCUT2D eigenvalue weighted by Crippen LogP contribution is 2.33. The van der Waals surface area contributed by atoms with Gasteiger partial charge in [0.1, 0.15) is 11.8 Å². The quantitative estimate of drug-likeness (QED) is 0.834. The van der Waals surface area contributed by atoms with Crippen LogP contribution in [0.5, 0.6) is 0 Å². The Morgan fingerprint density at radius 1 is 1.21 bits per heavy atom. The van der Waals surface area contributed by atoms with E-state index < -0.39 is 0 Å². The summed E-state index contributed by atoms with van der Waals surface area (Å²) in [6.07, 6.45) is 4.07. The fraction of sp³-hybridized carbons (Fsp3) is 0.429. The van der Waals surface area contributed by atoms with Gasteiger partial charge in [0.05, 0.1) is 18.5 Å². The number of hydrogen-bond acceptors (Lipinski definition) is 5. The zero-order chi connectivity index (χ0) is 19.5. The van der Waals surface area contributed by atoms with Crippen LogP contribution in [0.15, 0.2) is 52.2 Å². The van der Waals surface area contributed by atoms with E-state index in [2.05, 4.69) is 10.0 Å². The molecule has 1 N–H and O–H groups in total. The molecule has 1 atom stereocenters. The van der Waals surface area contributed by atoms with Gasteiger partial charge in [0, 0.05) is 18.1 Å². The first-order valence-electron chi connectivity index (χ1n) is 9.66. The van der Waals surface area contributed by atoms with E-state index in [4.69, 9.17) is 16.0 Å². The Morgan fingerprint density at radius 2 is 1.96 bits per heavy atom. The summed E-state index contributed by atoms with van der Waals surface area (Å²) in [7, 11) is 0. The van der Waals surface area contributed by atoms with Crippen LogP contribution in [-0.4, -0.2) is 52.9 Å². The number of aliphatic hydroxyl groups is 1. The maximum Gasteiger partial charge on any atom is 0.257 e. The number of amides is 1. The van der Waals surface area contributed by atoms with Gasteiger partial charge >= 0.3 is 0 Å². The molecule has 1 aromatic heterocycles. The maximum absolute atomic E-state index is 13.1. The molecule has 1 amide bonds. The van der Waals surface area contributed by atoms with Gasteiger partial charge in [0.15, 0.2) is 0 Å². The van der Waals surface area contributed by atoms with Crippen molar-refractivity contribution in [1.29, 1.82) is 0 Å². The molecule has 2 aliphatic heterocycles. The average molecular weight is 402 g/mol. The van der Waals surface area contributed by atoms with Crippen LogP contribution < -0.4 is 0 Å². The smallest absolute Gasteiger partial charge is 0.257 e. The first-order chi connectivity index (χ1) is 13.6. The predicted molar refractivity (Wildman–Crippen MR) is 107 cm³/mol. The Bertz CT molecular complexity index is 827. The molecule has 0 spiro atoms. The third-order valence-electron chi connectivity index (χ3n) is 5.54. The molecular formula is C21H24ClN3O3. The zero-order valence-electron chi connectivity index (χ0n) is 15.6. The van der Waals surface area contributed by atoms with Crippen molar-refractivity contribution >= 4 is 23.2 Å². The molecule has 3 heterocycles. The number of furan rings is 1. The molecule has 28 heavy (non-hydrogen) atoms. The van der Waals surface area contributed by atoms with E-state index in [1.54, 1.807) is 11.3 Å². The van der Waals surface area contributed by atoms with Crippen LogP contribution in [0.4, 0.5) is 0 Å². The Kier molecular flexibility index (Phi) is 5.80. The number of carbonyl (C=O) groups excluding carboxylic acids is 1. The number of aliphatic hydroxyl groups excluding tert-OH is 1. The van der Waals surface area contributed by atoms with E-state index in [0.717, 1.165) is 43.0 Å². The highest BCUT2D eigenvalue weighted by molar-refractivity contribution is 6.30. The SMILES string of the molecule is O=C(CN1CCC(CO)CC1)N1N=C(c2ccc(Cl)cc2)CC1c1ccco1. The molecule has 0 aliphatic carbocycles. The molecule has 1 unspecified atom stereocenters. The van der Waals surface area contributed by atoms with Crippen LogP contribution in [0, 0.1) is 5.92 Å². The van der Waals surface area contributed by atoms with Crippen LogP contribution in [0.3, 0.4) is 0 Å². The fourth-order valence-electron chi connectivity index (χ4n) is 3.85. The maximum atomic E-state index is 13.1. The second-order valence-electron chi connectivity index (χ2n) is 7.43. The van der Waals surface area contributed by atoms with Crippen molar-refractivity contribution in [3.8, 4) is 0 Å². The molecule has 0 saturated carbocycles. The summed E-state index contributed by atoms with van der Waals surface area (Å²) in [5.74, 6) is 1.05. The van der Waals surface area contributed by atoms with Crippen molar-refractivity contribution in [2.24, 2.45) is 11.0 Å². The highest BCUT2D eigenvalue weighted by Gasteiger charge is 2.35. The largest absolute Gasteiger partial charge is 0.467 e. The average Bonchev–Trinajstić information content (AvgIpc) is 3.39. The van der Waals surface area contributed by atoms with Crippen LogP contribution in [0.1, 0.15) is 36.6 Å². The summed E-state index contributed by atoms with van der Waals surface area (Å²) in [5.41, 5.74) is 1.81. The van der Waals surface area contributed by atoms with E-state index in [9.17, 15) is 9.90 Å². The fourth-order valence-corrected chi connectivity index (χ4v) is 3.98. The van der Waals surface area contributed by atoms with Crippen LogP contribution in [0.2, 0.25) is 5.02 Å². The molecule has 1 aromatic carbocycles. The van der Waals surface area contributed by atoms with Gasteiger partial charge in [-0.2, -0.15) is 5.10 Å². The van der Waals surface area contributed by atoms with Gasteiger partial charge in [-0.3, -0.25) is 9.69 Å². The minimum Gasteiger partial charge on any atom is -0.467 e. The summed E-state index contributed by atoms with van der Waals surface area (Å²) in [6.45, 7) is 2.20. The molecule has 6 nitrogen and oxygen atoms in total. The third-order valence-corrected chi connectivity index (χ3v) is 5.79. The lowest BCUT2D eigenvalue weighted by Gasteiger charge is -2.31. The molecule has 7 heteroatoms. The number of hydrazone groups is 1. The number of benzene rings is 1. The van der Waals surface area contributed by atoms with Gasteiger partial charge in [-0.1, -0.05) is 23.7 Å². The van der Waals surface area contributed by atoms with Gasteiger partial charge in [-0.05, 0) is 61.7 Å². The van der Waals surface area contributed by atoms with E-state index in [1.807, 2.05) is 36.4 Å². The number of likely N-dealkylation sites (tertiary alicyclic amines) is 1. The first kappa shape index (κ1) is 19.2. The molecule has 2 aliphatic rings. The summed E-state index contributed by atoms with van der Waals surface area (Å²) < 4.78 is 5.59. The number of carbonyl (C=O) groups is 1. The number of halogens is 1. The predicted octanol–water partition coefficient (Wildman–Crippen LogP) is 3.32. The van der Waals surface area contributed by atoms with Gasteiger partial charge in [-0.15, -0.1) is 0 Å². The van der Waals surface area contributed by atoms with Crippen LogP contribution in [0.25, 0.3) is 0 Å². The molecule has 1 saturated heterocycles. The van der Waals surface area contributed by atoms with Gasteiger partial charge < -0.3 is 9.52 Å². The van der Waals surface area contributed by atoms with Crippen molar-refractivity contribution in [3.05, 3.63) is 59.0 Å². The van der Waals surface area contributed by atoms with E-state index in [1.165, 1.54) is 0 Å². The lowest BCUT2D eigenvalue weighted by molar-refractivity contribution is -0.135. The topological polar surface area (TPSA) is 69.3 Å². The molecule has 1 fully saturated rings. The van der Waals surface area contributed by atoms with Crippen molar-refractivity contribution in [3.63, 3.8) is 0 Å². The van der Waals surface area contributed by atoms with E-state index >= 15 is 0 Å². The minimum atomic E-state index is -0.233. The Balaban J connectivity index is 1.51. The van der Waals surface area contributed by atoms with Gasteiger partial charge in [0.2, 0.25) is 0 Å². The lowest BCUT2D eigenvalue weighted by Crippen LogP contribution is -2.42. The van der Waals surface area contributed by atoms with E-state index in [0.29, 0.717) is 23.9 Å². The molecule has 0 radical (unpaired) electrons. The van der Waals surface area contributed by atoms with Crippen molar-refractivity contribution in [2.75, 3.05) is 26.2 Å². The second-order valence-corrected chi connectivity index (χ2v) is 7.87. The standard InChI is InChI=1S/C21H24ClN3O3/c22-17-5-3-16(4-6-17)18-12-19(20-2-1-11-28-20)25(23-18)21(27)13-24-9-7-15(14-26)8-10-24/h1-6,11,15,19,26H,7-10,12-14H2. The number of hydrogen-bond donors (Lipinski definition) is 1. The van der Waals surface area contributed by atoms with Gasteiger partial charge in [0.25, 0.3) is 5.91 Å². The Labute approximate surface area is 169 Å². The molecule has 148 valence electrons. The summed E-state index contributed by atoms with van der Waals surface area (Å²) in [5, 5.41) is 16.2. The Morgan fingerprint density at radius 3 is 2.61 bits per heavy atom. The molecular weight excluding hydrogens is 378 g/mol. The first-order valence-corrected chi connectivity index (χ1v) is 10.0. The number of piperidine rings is 1. The number of rotatable bonds is 5. The van der Waals surface area contributed by atoms with Gasteiger partial charge in [-0.25, -0.2) is 5.01 Å². The highest BCUT2D eigenvalue weighted by atomic mass is 35.5. The lowest BCUT2D eigenvalue weighted by atomic mass is 9.98. The van der Waals surface area contributed by atoms with Crippen LogP contribution in [-0.2, 0) is 4.79 Å². The Hall–Kier alpha value is -2.15. The summed E-state index contributed by atoms with van der Waals surface area (Å²) in [6, 6.07) is 11.0. The molecule has 2 aromatic rings. The summed E-state index contributed by atoms with van der Waals surface area (Å²) >= 11 is 6.00.